The lowest BCUT2D eigenvalue weighted by Crippen LogP contribution is -2.44. The molecule has 1 unspecified atom stereocenters. The Morgan fingerprint density at radius 3 is 2.77 bits per heavy atom. The van der Waals surface area contributed by atoms with Gasteiger partial charge in [0.25, 0.3) is 0 Å². The summed E-state index contributed by atoms with van der Waals surface area (Å²) in [6.07, 6.45) is 1.20. The Morgan fingerprint density at radius 1 is 1.10 bits per heavy atom. The predicted octanol–water partition coefficient (Wildman–Crippen LogP) is 2.95. The van der Waals surface area contributed by atoms with Crippen molar-refractivity contribution in [3.05, 3.63) is 64.4 Å². The minimum atomic E-state index is -0.0726. The van der Waals surface area contributed by atoms with Gasteiger partial charge in [-0.15, -0.1) is 0 Å². The molecular formula is C23H28ClN3O3. The van der Waals surface area contributed by atoms with Gasteiger partial charge in [-0.3, -0.25) is 14.7 Å². The average molecular weight is 430 g/mol. The quantitative estimate of drug-likeness (QED) is 0.706. The number of rotatable bonds is 6. The summed E-state index contributed by atoms with van der Waals surface area (Å²) in [7, 11) is 0. The Labute approximate surface area is 182 Å². The van der Waals surface area contributed by atoms with Gasteiger partial charge in [-0.05, 0) is 29.8 Å². The number of ether oxygens (including phenoxy) is 2. The van der Waals surface area contributed by atoms with E-state index in [-0.39, 0.29) is 12.0 Å². The van der Waals surface area contributed by atoms with E-state index < -0.39 is 0 Å². The van der Waals surface area contributed by atoms with Gasteiger partial charge in [-0.2, -0.15) is 0 Å². The zero-order chi connectivity index (χ0) is 20.8. The van der Waals surface area contributed by atoms with Crippen LogP contribution in [0, 0.1) is 0 Å². The highest BCUT2D eigenvalue weighted by atomic mass is 35.5. The molecule has 2 aromatic rings. The van der Waals surface area contributed by atoms with Gasteiger partial charge in [0.05, 0.1) is 25.5 Å². The van der Waals surface area contributed by atoms with Gasteiger partial charge < -0.3 is 14.4 Å². The van der Waals surface area contributed by atoms with Crippen LogP contribution < -0.4 is 0 Å². The first-order chi connectivity index (χ1) is 14.7. The van der Waals surface area contributed by atoms with Crippen LogP contribution in [-0.2, 0) is 20.7 Å². The monoisotopic (exact) mass is 429 g/mol. The predicted molar refractivity (Wildman–Crippen MR) is 116 cm³/mol. The van der Waals surface area contributed by atoms with Gasteiger partial charge in [0, 0.05) is 56.3 Å². The highest BCUT2D eigenvalue weighted by molar-refractivity contribution is 6.30. The number of benzene rings is 1. The number of carbonyl (C=O) groups is 1. The normalized spacial score (nSPS) is 20.3. The minimum absolute atomic E-state index is 0.0726. The van der Waals surface area contributed by atoms with Crippen molar-refractivity contribution in [1.82, 2.24) is 14.8 Å². The summed E-state index contributed by atoms with van der Waals surface area (Å²) in [5.41, 5.74) is 3.08. The molecule has 1 aromatic heterocycles. The van der Waals surface area contributed by atoms with Crippen LogP contribution in [0.4, 0.5) is 0 Å². The van der Waals surface area contributed by atoms with E-state index in [1.807, 2.05) is 41.3 Å². The van der Waals surface area contributed by atoms with E-state index in [4.69, 9.17) is 26.1 Å². The molecule has 0 radical (unpaired) electrons. The van der Waals surface area contributed by atoms with Crippen molar-refractivity contribution in [2.75, 3.05) is 52.5 Å². The molecule has 1 aromatic carbocycles. The van der Waals surface area contributed by atoms with E-state index in [9.17, 15) is 4.79 Å². The molecule has 160 valence electrons. The second-order valence-corrected chi connectivity index (χ2v) is 8.20. The standard InChI is InChI=1S/C23H28ClN3O3/c24-19-4-1-3-18(15-19)16-20-5-2-6-21(25-20)22-17-26(9-14-30-22)8-7-23(28)27-10-12-29-13-11-27/h1-6,15,22H,7-14,16-17H2. The molecular weight excluding hydrogens is 402 g/mol. The number of morpholine rings is 2. The molecule has 0 saturated carbocycles. The van der Waals surface area contributed by atoms with Crippen molar-refractivity contribution in [2.45, 2.75) is 18.9 Å². The van der Waals surface area contributed by atoms with Gasteiger partial charge in [-0.25, -0.2) is 0 Å². The third kappa shape index (κ3) is 5.79. The maximum absolute atomic E-state index is 12.4. The van der Waals surface area contributed by atoms with Gasteiger partial charge in [-0.1, -0.05) is 29.8 Å². The molecule has 0 spiro atoms. The van der Waals surface area contributed by atoms with E-state index in [1.165, 1.54) is 0 Å². The Balaban J connectivity index is 1.33. The number of hydrogen-bond acceptors (Lipinski definition) is 5. The maximum atomic E-state index is 12.4. The van der Waals surface area contributed by atoms with Crippen LogP contribution in [0.25, 0.3) is 0 Å². The summed E-state index contributed by atoms with van der Waals surface area (Å²) in [6.45, 7) is 5.68. The molecule has 6 nitrogen and oxygen atoms in total. The van der Waals surface area contributed by atoms with Gasteiger partial charge in [0.2, 0.25) is 5.91 Å². The van der Waals surface area contributed by atoms with Gasteiger partial charge >= 0.3 is 0 Å². The number of carbonyl (C=O) groups excluding carboxylic acids is 1. The van der Waals surface area contributed by atoms with Crippen molar-refractivity contribution in [2.24, 2.45) is 0 Å². The van der Waals surface area contributed by atoms with Crippen molar-refractivity contribution in [3.8, 4) is 0 Å². The minimum Gasteiger partial charge on any atom is -0.378 e. The van der Waals surface area contributed by atoms with Crippen molar-refractivity contribution >= 4 is 17.5 Å². The first kappa shape index (κ1) is 21.2. The Hall–Kier alpha value is -1.99. The number of amides is 1. The van der Waals surface area contributed by atoms with Crippen molar-refractivity contribution in [1.29, 1.82) is 0 Å². The average Bonchev–Trinajstić information content (AvgIpc) is 2.78. The fraction of sp³-hybridized carbons (Fsp3) is 0.478. The molecule has 2 aliphatic rings. The summed E-state index contributed by atoms with van der Waals surface area (Å²) in [5, 5.41) is 0.738. The molecule has 1 amide bonds. The van der Waals surface area contributed by atoms with E-state index in [1.54, 1.807) is 0 Å². The zero-order valence-corrected chi connectivity index (χ0v) is 17.9. The molecule has 2 aliphatic heterocycles. The largest absolute Gasteiger partial charge is 0.378 e. The van der Waals surface area contributed by atoms with Crippen molar-refractivity contribution < 1.29 is 14.3 Å². The van der Waals surface area contributed by atoms with Gasteiger partial charge in [0.15, 0.2) is 0 Å². The zero-order valence-electron chi connectivity index (χ0n) is 17.1. The SMILES string of the molecule is O=C(CCN1CCOC(c2cccc(Cc3cccc(Cl)c3)n2)C1)N1CCOCC1. The van der Waals surface area contributed by atoms with Gasteiger partial charge in [0.1, 0.15) is 6.10 Å². The van der Waals surface area contributed by atoms with Crippen LogP contribution in [-0.4, -0.2) is 73.2 Å². The molecule has 1 atom stereocenters. The molecule has 7 heteroatoms. The first-order valence-corrected chi connectivity index (χ1v) is 10.9. The molecule has 4 rings (SSSR count). The summed E-state index contributed by atoms with van der Waals surface area (Å²) in [6, 6.07) is 14.0. The molecule has 0 N–H and O–H groups in total. The third-order valence-electron chi connectivity index (χ3n) is 5.59. The summed E-state index contributed by atoms with van der Waals surface area (Å²) < 4.78 is 11.3. The number of pyridine rings is 1. The molecule has 0 aliphatic carbocycles. The van der Waals surface area contributed by atoms with Crippen LogP contribution >= 0.6 is 11.6 Å². The molecule has 2 saturated heterocycles. The molecule has 2 fully saturated rings. The Bertz CT molecular complexity index is 857. The second kappa shape index (κ2) is 10.4. The first-order valence-electron chi connectivity index (χ1n) is 10.6. The van der Waals surface area contributed by atoms with Crippen LogP contribution in [0.2, 0.25) is 5.02 Å². The maximum Gasteiger partial charge on any atom is 0.224 e. The number of hydrogen-bond donors (Lipinski definition) is 0. The summed E-state index contributed by atoms with van der Waals surface area (Å²) in [5.74, 6) is 0.211. The highest BCUT2D eigenvalue weighted by Crippen LogP contribution is 2.22. The van der Waals surface area contributed by atoms with Crippen LogP contribution in [0.5, 0.6) is 0 Å². The third-order valence-corrected chi connectivity index (χ3v) is 5.82. The summed E-state index contributed by atoms with van der Waals surface area (Å²) in [4.78, 5) is 21.5. The molecule has 30 heavy (non-hydrogen) atoms. The number of nitrogens with zero attached hydrogens (tertiary/aromatic N) is 3. The van der Waals surface area contributed by atoms with Crippen LogP contribution in [0.1, 0.15) is 29.5 Å². The van der Waals surface area contributed by atoms with E-state index in [2.05, 4.69) is 11.0 Å². The smallest absolute Gasteiger partial charge is 0.224 e. The fourth-order valence-corrected chi connectivity index (χ4v) is 4.15. The highest BCUT2D eigenvalue weighted by Gasteiger charge is 2.24. The van der Waals surface area contributed by atoms with Crippen LogP contribution in [0.3, 0.4) is 0 Å². The van der Waals surface area contributed by atoms with E-state index in [0.29, 0.717) is 39.3 Å². The Kier molecular flexibility index (Phi) is 7.33. The lowest BCUT2D eigenvalue weighted by molar-refractivity contribution is -0.136. The van der Waals surface area contributed by atoms with Crippen LogP contribution in [0.15, 0.2) is 42.5 Å². The number of aromatic nitrogens is 1. The van der Waals surface area contributed by atoms with E-state index >= 15 is 0 Å². The number of halogens is 1. The second-order valence-electron chi connectivity index (χ2n) is 7.76. The molecule has 0 bridgehead atoms. The Morgan fingerprint density at radius 2 is 1.93 bits per heavy atom. The topological polar surface area (TPSA) is 54.9 Å². The lowest BCUT2D eigenvalue weighted by atomic mass is 10.1. The lowest BCUT2D eigenvalue weighted by Gasteiger charge is -2.33. The van der Waals surface area contributed by atoms with E-state index in [0.717, 1.165) is 48.0 Å². The summed E-state index contributed by atoms with van der Waals surface area (Å²) >= 11 is 6.10. The van der Waals surface area contributed by atoms with Crippen molar-refractivity contribution in [3.63, 3.8) is 0 Å². The molecule has 3 heterocycles. The fourth-order valence-electron chi connectivity index (χ4n) is 3.94.